The fourth-order valence-electron chi connectivity index (χ4n) is 3.00. The molecule has 1 spiro atoms. The van der Waals surface area contributed by atoms with Crippen LogP contribution in [-0.4, -0.2) is 34.0 Å². The summed E-state index contributed by atoms with van der Waals surface area (Å²) in [6.07, 6.45) is 6.14. The third-order valence-electron chi connectivity index (χ3n) is 3.88. The van der Waals surface area contributed by atoms with Crippen LogP contribution in [0, 0.1) is 0 Å². The van der Waals surface area contributed by atoms with Gasteiger partial charge < -0.3 is 9.64 Å². The summed E-state index contributed by atoms with van der Waals surface area (Å²) >= 11 is 11.5. The number of nitrogens with zero attached hydrogens (tertiary/aromatic N) is 1. The molecule has 2 fully saturated rings. The smallest absolute Gasteiger partial charge is 0.258 e. The number of halogens is 2. The molecule has 0 aromatic rings. The summed E-state index contributed by atoms with van der Waals surface area (Å²) in [6, 6.07) is 0.126. The van der Waals surface area contributed by atoms with E-state index >= 15 is 0 Å². The van der Waals surface area contributed by atoms with Crippen LogP contribution in [0.2, 0.25) is 0 Å². The number of hydrogen-bond acceptors (Lipinski definition) is 2. The standard InChI is InChI=1S/C12H19Cl2NO2/c1-2-9-8-17-12(6-4-3-5-7-12)15(9)11(16)10(13)14/h9-10H,2-8H2,1H3/t9-/m0/s1. The maximum absolute atomic E-state index is 12.2. The van der Waals surface area contributed by atoms with Crippen molar-refractivity contribution in [3.63, 3.8) is 0 Å². The zero-order valence-corrected chi connectivity index (χ0v) is 11.6. The Bertz CT molecular complexity index is 290. The van der Waals surface area contributed by atoms with E-state index in [9.17, 15) is 4.79 Å². The summed E-state index contributed by atoms with van der Waals surface area (Å²) in [5, 5.41) is 0. The van der Waals surface area contributed by atoms with Crippen LogP contribution in [0.25, 0.3) is 0 Å². The van der Waals surface area contributed by atoms with Crippen LogP contribution in [0.4, 0.5) is 0 Å². The molecule has 1 atom stereocenters. The van der Waals surface area contributed by atoms with Crippen LogP contribution in [-0.2, 0) is 9.53 Å². The molecule has 1 amide bonds. The largest absolute Gasteiger partial charge is 0.353 e. The highest BCUT2D eigenvalue weighted by Crippen LogP contribution is 2.41. The Labute approximate surface area is 112 Å². The van der Waals surface area contributed by atoms with Crippen LogP contribution in [0.5, 0.6) is 0 Å². The van der Waals surface area contributed by atoms with Crippen LogP contribution in [0.15, 0.2) is 0 Å². The van der Waals surface area contributed by atoms with E-state index in [1.54, 1.807) is 0 Å². The van der Waals surface area contributed by atoms with Crippen molar-refractivity contribution in [3.8, 4) is 0 Å². The average Bonchev–Trinajstić information content (AvgIpc) is 2.67. The molecule has 3 nitrogen and oxygen atoms in total. The van der Waals surface area contributed by atoms with Crippen LogP contribution < -0.4 is 0 Å². The molecule has 17 heavy (non-hydrogen) atoms. The van der Waals surface area contributed by atoms with Crippen molar-refractivity contribution in [2.75, 3.05) is 6.61 Å². The van der Waals surface area contributed by atoms with Gasteiger partial charge in [-0.3, -0.25) is 4.79 Å². The number of amides is 1. The maximum atomic E-state index is 12.2. The molecule has 0 unspecified atom stereocenters. The van der Waals surface area contributed by atoms with Crippen molar-refractivity contribution in [1.29, 1.82) is 0 Å². The molecule has 1 saturated carbocycles. The molecule has 0 aromatic heterocycles. The fraction of sp³-hybridized carbons (Fsp3) is 0.917. The molecule has 2 aliphatic rings. The van der Waals surface area contributed by atoms with Crippen LogP contribution in [0.1, 0.15) is 45.4 Å². The highest BCUT2D eigenvalue weighted by atomic mass is 35.5. The lowest BCUT2D eigenvalue weighted by Crippen LogP contribution is -2.54. The predicted octanol–water partition coefficient (Wildman–Crippen LogP) is 3.09. The second kappa shape index (κ2) is 5.33. The number of ether oxygens (including phenoxy) is 1. The first-order valence-corrected chi connectivity index (χ1v) is 7.23. The Morgan fingerprint density at radius 1 is 1.41 bits per heavy atom. The van der Waals surface area contributed by atoms with Crippen molar-refractivity contribution in [2.45, 2.75) is 62.1 Å². The molecule has 0 bridgehead atoms. The Hall–Kier alpha value is 0.01000. The molecule has 1 saturated heterocycles. The summed E-state index contributed by atoms with van der Waals surface area (Å²) in [5.74, 6) is -0.195. The number of carbonyl (C=O) groups is 1. The number of rotatable bonds is 2. The van der Waals surface area contributed by atoms with Gasteiger partial charge in [0.15, 0.2) is 4.84 Å². The highest BCUT2D eigenvalue weighted by molar-refractivity contribution is 6.53. The fourth-order valence-corrected chi connectivity index (χ4v) is 3.21. The van der Waals surface area contributed by atoms with Gasteiger partial charge in [-0.05, 0) is 32.1 Å². The molecule has 98 valence electrons. The van der Waals surface area contributed by atoms with E-state index in [1.807, 2.05) is 4.90 Å². The lowest BCUT2D eigenvalue weighted by molar-refractivity contribution is -0.155. The van der Waals surface area contributed by atoms with E-state index in [1.165, 1.54) is 6.42 Å². The monoisotopic (exact) mass is 279 g/mol. The van der Waals surface area contributed by atoms with Gasteiger partial charge in [-0.15, -0.1) is 0 Å². The highest BCUT2D eigenvalue weighted by Gasteiger charge is 2.50. The number of hydrogen-bond donors (Lipinski definition) is 0. The maximum Gasteiger partial charge on any atom is 0.258 e. The number of carbonyl (C=O) groups excluding carboxylic acids is 1. The summed E-state index contributed by atoms with van der Waals surface area (Å²) in [4.78, 5) is 13.0. The van der Waals surface area contributed by atoms with E-state index in [0.29, 0.717) is 6.61 Å². The summed E-state index contributed by atoms with van der Waals surface area (Å²) in [6.45, 7) is 2.68. The summed E-state index contributed by atoms with van der Waals surface area (Å²) < 4.78 is 5.96. The molecular formula is C12H19Cl2NO2. The Kier molecular flexibility index (Phi) is 4.22. The Balaban J connectivity index is 2.22. The van der Waals surface area contributed by atoms with Gasteiger partial charge in [0.05, 0.1) is 12.6 Å². The van der Waals surface area contributed by atoms with Gasteiger partial charge in [-0.25, -0.2) is 0 Å². The van der Waals surface area contributed by atoms with Crippen molar-refractivity contribution in [1.82, 2.24) is 4.90 Å². The van der Waals surface area contributed by atoms with Crippen LogP contribution in [0.3, 0.4) is 0 Å². The first-order valence-electron chi connectivity index (χ1n) is 6.36. The molecule has 0 aromatic carbocycles. The molecule has 1 aliphatic heterocycles. The minimum absolute atomic E-state index is 0.126. The van der Waals surface area contributed by atoms with Crippen molar-refractivity contribution in [3.05, 3.63) is 0 Å². The number of alkyl halides is 2. The molecule has 1 heterocycles. The summed E-state index contributed by atoms with van der Waals surface area (Å²) in [5.41, 5.74) is -0.419. The normalized spacial score (nSPS) is 28.0. The Morgan fingerprint density at radius 2 is 2.06 bits per heavy atom. The molecule has 1 aliphatic carbocycles. The topological polar surface area (TPSA) is 29.5 Å². The second-order valence-electron chi connectivity index (χ2n) is 4.89. The van der Waals surface area contributed by atoms with E-state index in [-0.39, 0.29) is 11.9 Å². The SMILES string of the molecule is CC[C@H]1COC2(CCCCC2)N1C(=O)C(Cl)Cl. The molecule has 0 N–H and O–H groups in total. The lowest BCUT2D eigenvalue weighted by Gasteiger charge is -2.42. The minimum Gasteiger partial charge on any atom is -0.353 e. The summed E-state index contributed by atoms with van der Waals surface area (Å²) in [7, 11) is 0. The Morgan fingerprint density at radius 3 is 2.59 bits per heavy atom. The minimum atomic E-state index is -0.982. The van der Waals surface area contributed by atoms with Gasteiger partial charge in [0.1, 0.15) is 5.72 Å². The van der Waals surface area contributed by atoms with Crippen molar-refractivity contribution >= 4 is 29.1 Å². The van der Waals surface area contributed by atoms with Gasteiger partial charge in [-0.2, -0.15) is 0 Å². The zero-order chi connectivity index (χ0) is 12.5. The first-order chi connectivity index (χ1) is 8.10. The van der Waals surface area contributed by atoms with Crippen LogP contribution >= 0.6 is 23.2 Å². The van der Waals surface area contributed by atoms with Gasteiger partial charge in [0, 0.05) is 0 Å². The van der Waals surface area contributed by atoms with E-state index in [4.69, 9.17) is 27.9 Å². The third kappa shape index (κ3) is 2.42. The average molecular weight is 280 g/mol. The lowest BCUT2D eigenvalue weighted by atomic mass is 9.90. The first kappa shape index (κ1) is 13.4. The van der Waals surface area contributed by atoms with Gasteiger partial charge in [0.25, 0.3) is 5.91 Å². The molecule has 0 radical (unpaired) electrons. The van der Waals surface area contributed by atoms with Gasteiger partial charge >= 0.3 is 0 Å². The quantitative estimate of drug-likeness (QED) is 0.727. The zero-order valence-electron chi connectivity index (χ0n) is 10.1. The van der Waals surface area contributed by atoms with Crippen molar-refractivity contribution in [2.24, 2.45) is 0 Å². The molecule has 5 heteroatoms. The van der Waals surface area contributed by atoms with E-state index < -0.39 is 10.6 Å². The van der Waals surface area contributed by atoms with Crippen molar-refractivity contribution < 1.29 is 9.53 Å². The van der Waals surface area contributed by atoms with Gasteiger partial charge in [0.2, 0.25) is 0 Å². The van der Waals surface area contributed by atoms with E-state index in [2.05, 4.69) is 6.92 Å². The third-order valence-corrected chi connectivity index (χ3v) is 4.25. The molecule has 2 rings (SSSR count). The molecular weight excluding hydrogens is 261 g/mol. The van der Waals surface area contributed by atoms with E-state index in [0.717, 1.165) is 32.1 Å². The predicted molar refractivity (Wildman–Crippen MR) is 68.2 cm³/mol. The second-order valence-corrected chi connectivity index (χ2v) is 5.99. The van der Waals surface area contributed by atoms with Gasteiger partial charge in [-0.1, -0.05) is 36.5 Å².